The van der Waals surface area contributed by atoms with Gasteiger partial charge in [-0.3, -0.25) is 4.68 Å². The van der Waals surface area contributed by atoms with Crippen LogP contribution in [0, 0.1) is 5.82 Å². The van der Waals surface area contributed by atoms with E-state index in [4.69, 9.17) is 17.2 Å². The molecule has 0 unspecified atom stereocenters. The second kappa shape index (κ2) is 14.3. The van der Waals surface area contributed by atoms with Crippen molar-refractivity contribution in [2.24, 2.45) is 5.73 Å². The van der Waals surface area contributed by atoms with Gasteiger partial charge in [0.25, 0.3) is 0 Å². The lowest BCUT2D eigenvalue weighted by atomic mass is 9.87. The van der Waals surface area contributed by atoms with E-state index >= 15 is 0 Å². The second-order valence-electron chi connectivity index (χ2n) is 9.48. The minimum atomic E-state index is -0.801. The van der Waals surface area contributed by atoms with E-state index in [1.807, 2.05) is 53.1 Å². The van der Waals surface area contributed by atoms with Gasteiger partial charge in [0.2, 0.25) is 5.95 Å². The van der Waals surface area contributed by atoms with Crippen molar-refractivity contribution in [3.63, 3.8) is 0 Å². The van der Waals surface area contributed by atoms with Crippen LogP contribution in [-0.4, -0.2) is 45.1 Å². The van der Waals surface area contributed by atoms with Crippen molar-refractivity contribution in [3.8, 4) is 11.1 Å². The fraction of sp³-hybridized carbons (Fsp3) is 0.345. The molecule has 5 aromatic rings. The molecule has 0 spiro atoms. The number of anilines is 2. The molecule has 5 rings (SSSR count). The van der Waals surface area contributed by atoms with Gasteiger partial charge in [-0.25, -0.2) is 23.9 Å². The number of nitrogens with two attached hydrogens (primary N) is 3. The molecule has 0 aliphatic heterocycles. The molecule has 0 fully saturated rings. The maximum atomic E-state index is 12.8. The Balaban J connectivity index is 0.000000259. The number of fused-ring (bicyclic) bond motifs is 1. The average Bonchev–Trinajstić information content (AvgIpc) is 3.59. The molecule has 1 atom stereocenters. The molecule has 0 saturated heterocycles. The van der Waals surface area contributed by atoms with Gasteiger partial charge in [0, 0.05) is 41.5 Å². The zero-order valence-corrected chi connectivity index (χ0v) is 24.7. The molecule has 4 aromatic heterocycles. The monoisotopic (exact) mass is 564 g/mol. The Bertz CT molecular complexity index is 1440. The van der Waals surface area contributed by atoms with Gasteiger partial charge in [0.1, 0.15) is 17.7 Å². The summed E-state index contributed by atoms with van der Waals surface area (Å²) in [5.41, 5.74) is 20.0. The van der Waals surface area contributed by atoms with Crippen molar-refractivity contribution < 1.29 is 9.50 Å². The summed E-state index contributed by atoms with van der Waals surface area (Å²) in [6.07, 6.45) is 10.1. The molecule has 41 heavy (non-hydrogen) atoms. The van der Waals surface area contributed by atoms with Crippen LogP contribution in [0.2, 0.25) is 0 Å². The highest BCUT2D eigenvalue weighted by atomic mass is 19.1. The highest BCUT2D eigenvalue weighted by Gasteiger charge is 2.24. The Morgan fingerprint density at radius 2 is 1.44 bits per heavy atom. The van der Waals surface area contributed by atoms with Gasteiger partial charge >= 0.3 is 0 Å². The summed E-state index contributed by atoms with van der Waals surface area (Å²) in [4.78, 5) is 11.8. The lowest BCUT2D eigenvalue weighted by Crippen LogP contribution is -2.34. The topological polar surface area (TPSA) is 172 Å². The summed E-state index contributed by atoms with van der Waals surface area (Å²) in [5.74, 6) is 0.344. The van der Waals surface area contributed by atoms with Crippen LogP contribution in [0.5, 0.6) is 0 Å². The molecular formula is C29H41FN10O. The highest BCUT2D eigenvalue weighted by Crippen LogP contribution is 2.26. The Labute approximate surface area is 240 Å². The molecule has 0 saturated carbocycles. The number of hydrogen-bond acceptors (Lipinski definition) is 9. The first-order valence-electron chi connectivity index (χ1n) is 13.4. The molecule has 11 nitrogen and oxygen atoms in total. The number of nitrogens with zero attached hydrogens (tertiary/aromatic N) is 7. The van der Waals surface area contributed by atoms with E-state index < -0.39 is 11.1 Å². The van der Waals surface area contributed by atoms with Gasteiger partial charge in [0.15, 0.2) is 5.82 Å². The molecule has 12 heteroatoms. The first-order chi connectivity index (χ1) is 19.4. The van der Waals surface area contributed by atoms with Gasteiger partial charge in [0.05, 0.1) is 23.9 Å². The molecule has 0 bridgehead atoms. The van der Waals surface area contributed by atoms with E-state index in [2.05, 4.69) is 25.1 Å². The Morgan fingerprint density at radius 1 is 0.829 bits per heavy atom. The van der Waals surface area contributed by atoms with Crippen molar-refractivity contribution in [1.29, 1.82) is 0 Å². The number of hydrogen-bond donors (Lipinski definition) is 4. The second-order valence-corrected chi connectivity index (χ2v) is 9.48. The zero-order chi connectivity index (χ0) is 30.8. The Hall–Kier alpha value is -4.42. The van der Waals surface area contributed by atoms with Gasteiger partial charge in [-0.15, -0.1) is 0 Å². The first-order valence-corrected chi connectivity index (χ1v) is 13.4. The third-order valence-electron chi connectivity index (χ3n) is 5.67. The van der Waals surface area contributed by atoms with Crippen molar-refractivity contribution >= 4 is 17.3 Å². The Morgan fingerprint density at radius 3 is 2.00 bits per heavy atom. The van der Waals surface area contributed by atoms with Crippen molar-refractivity contribution in [2.75, 3.05) is 11.5 Å². The number of benzene rings is 1. The van der Waals surface area contributed by atoms with Gasteiger partial charge in [-0.05, 0) is 44.5 Å². The van der Waals surface area contributed by atoms with Crippen LogP contribution in [0.1, 0.15) is 59.6 Å². The smallest absolute Gasteiger partial charge is 0.219 e. The maximum Gasteiger partial charge on any atom is 0.219 e. The largest absolute Gasteiger partial charge is 0.389 e. The number of halogens is 1. The third-order valence-corrected chi connectivity index (χ3v) is 5.67. The molecular weight excluding hydrogens is 523 g/mol. The van der Waals surface area contributed by atoms with Crippen LogP contribution in [-0.2, 0) is 12.1 Å². The van der Waals surface area contributed by atoms with Gasteiger partial charge in [-0.1, -0.05) is 39.8 Å². The van der Waals surface area contributed by atoms with Crippen molar-refractivity contribution in [1.82, 2.24) is 34.3 Å². The quantitative estimate of drug-likeness (QED) is 0.241. The summed E-state index contributed by atoms with van der Waals surface area (Å²) in [6.45, 7) is 13.7. The molecule has 220 valence electrons. The van der Waals surface area contributed by atoms with Gasteiger partial charge < -0.3 is 22.3 Å². The number of aliphatic hydroxyl groups is 1. The minimum absolute atomic E-state index is 0.198. The summed E-state index contributed by atoms with van der Waals surface area (Å²) < 4.78 is 16.2. The standard InChI is InChI=1S/C13H16N6O.C12H13FN4.2C2H6/c1-13(2,20)7-18-5-10(4-16-18)9-3-11-12(14)15-8-17-19(11)6-9;1-12(15,8-2-4-10(13)5-3-8)9-6-16-11(14)17-7-9;2*1-2/h3-6,8,20H,7H2,1-2H3,(H2,14,15,17);2-7H,15H2,1H3,(H2,14,16,17);2*1-2H3/t;12-;;/m.0../s1. The molecule has 0 amide bonds. The predicted octanol–water partition coefficient (Wildman–Crippen LogP) is 4.42. The van der Waals surface area contributed by atoms with E-state index in [0.29, 0.717) is 12.4 Å². The minimum Gasteiger partial charge on any atom is -0.389 e. The molecule has 7 N–H and O–H groups in total. The van der Waals surface area contributed by atoms with E-state index in [1.54, 1.807) is 53.8 Å². The average molecular weight is 565 g/mol. The fourth-order valence-corrected chi connectivity index (χ4v) is 3.67. The van der Waals surface area contributed by atoms with Crippen LogP contribution in [0.4, 0.5) is 16.2 Å². The van der Waals surface area contributed by atoms with E-state index in [0.717, 1.165) is 27.8 Å². The van der Waals surface area contributed by atoms with Crippen LogP contribution >= 0.6 is 0 Å². The summed E-state index contributed by atoms with van der Waals surface area (Å²) >= 11 is 0. The molecule has 4 heterocycles. The predicted molar refractivity (Wildman–Crippen MR) is 161 cm³/mol. The number of aromatic nitrogens is 7. The van der Waals surface area contributed by atoms with E-state index in [-0.39, 0.29) is 11.8 Å². The summed E-state index contributed by atoms with van der Waals surface area (Å²) in [7, 11) is 0. The number of rotatable bonds is 5. The van der Waals surface area contributed by atoms with Crippen LogP contribution in [0.15, 0.2) is 67.6 Å². The lowest BCUT2D eigenvalue weighted by molar-refractivity contribution is 0.0577. The molecule has 1 aromatic carbocycles. The van der Waals surface area contributed by atoms with Crippen LogP contribution in [0.3, 0.4) is 0 Å². The normalized spacial score (nSPS) is 12.1. The number of nitrogen functional groups attached to an aromatic ring is 2. The fourth-order valence-electron chi connectivity index (χ4n) is 3.67. The summed E-state index contributed by atoms with van der Waals surface area (Å²) in [5, 5.41) is 18.2. The van der Waals surface area contributed by atoms with Crippen LogP contribution in [0.25, 0.3) is 16.6 Å². The molecule has 0 aliphatic rings. The Kier molecular flexibility index (Phi) is 11.4. The summed E-state index contributed by atoms with van der Waals surface area (Å²) in [6, 6.07) is 7.95. The first kappa shape index (κ1) is 32.8. The van der Waals surface area contributed by atoms with E-state index in [1.165, 1.54) is 18.5 Å². The third kappa shape index (κ3) is 8.78. The molecule has 0 radical (unpaired) electrons. The SMILES string of the molecule is CC.CC.CC(C)(O)Cn1cc(-c2cc3c(N)ncnn3c2)cn1.C[C@](N)(c1ccc(F)cc1)c1cnc(N)nc1. The highest BCUT2D eigenvalue weighted by molar-refractivity contribution is 5.75. The lowest BCUT2D eigenvalue weighted by Gasteiger charge is -2.25. The van der Waals surface area contributed by atoms with Crippen molar-refractivity contribution in [3.05, 3.63) is 84.6 Å². The van der Waals surface area contributed by atoms with Crippen molar-refractivity contribution in [2.45, 2.75) is 66.2 Å². The molecule has 0 aliphatic carbocycles. The van der Waals surface area contributed by atoms with Crippen LogP contribution < -0.4 is 17.2 Å². The van der Waals surface area contributed by atoms with Gasteiger partial charge in [-0.2, -0.15) is 10.2 Å². The maximum absolute atomic E-state index is 12.8. The zero-order valence-electron chi connectivity index (χ0n) is 24.7. The van der Waals surface area contributed by atoms with E-state index in [9.17, 15) is 9.50 Å².